The van der Waals surface area contributed by atoms with Crippen molar-refractivity contribution in [2.75, 3.05) is 0 Å². The van der Waals surface area contributed by atoms with Gasteiger partial charge in [-0.1, -0.05) is 20.8 Å². The van der Waals surface area contributed by atoms with E-state index in [0.717, 1.165) is 10.7 Å². The van der Waals surface area contributed by atoms with Crippen LogP contribution < -0.4 is 5.32 Å². The fourth-order valence-electron chi connectivity index (χ4n) is 2.22. The highest BCUT2D eigenvalue weighted by Crippen LogP contribution is 2.23. The molecule has 3 aromatic rings. The number of carbonyl (C=O) groups is 1. The molecule has 0 saturated heterocycles. The van der Waals surface area contributed by atoms with E-state index in [-0.39, 0.29) is 11.4 Å². The lowest BCUT2D eigenvalue weighted by Gasteiger charge is -2.20. The van der Waals surface area contributed by atoms with Crippen molar-refractivity contribution in [1.82, 2.24) is 25.2 Å². The topological polar surface area (TPSA) is 97.3 Å². The van der Waals surface area contributed by atoms with E-state index < -0.39 is 0 Å². The second kappa shape index (κ2) is 7.69. The lowest BCUT2D eigenvalue weighted by Crippen LogP contribution is -2.39. The third-order valence-electron chi connectivity index (χ3n) is 3.67. The van der Waals surface area contributed by atoms with Crippen molar-refractivity contribution in [3.8, 4) is 0 Å². The predicted molar refractivity (Wildman–Crippen MR) is 95.3 cm³/mol. The predicted octanol–water partition coefficient (Wildman–Crippen LogP) is 3.33. The molecule has 0 unspecified atom stereocenters. The summed E-state index contributed by atoms with van der Waals surface area (Å²) in [5.41, 5.74) is 2.33. The average molecular weight is 375 g/mol. The second-order valence-electron chi connectivity index (χ2n) is 6.85. The summed E-state index contributed by atoms with van der Waals surface area (Å²) < 4.78 is 9.96. The van der Waals surface area contributed by atoms with Crippen molar-refractivity contribution in [3.63, 3.8) is 0 Å². The molecule has 3 rings (SSSR count). The first-order valence-electron chi connectivity index (χ1n) is 8.13. The Bertz CT molecular complexity index is 785. The quantitative estimate of drug-likeness (QED) is 0.710. The molecule has 0 aliphatic heterocycles. The molecular weight excluding hydrogens is 354 g/mol. The van der Waals surface area contributed by atoms with Crippen LogP contribution in [0.4, 0.5) is 4.79 Å². The van der Waals surface area contributed by atoms with Crippen molar-refractivity contribution < 1.29 is 13.6 Å². The normalized spacial score (nSPS) is 11.5. The van der Waals surface area contributed by atoms with Crippen LogP contribution in [0.25, 0.3) is 0 Å². The highest BCUT2D eigenvalue weighted by Gasteiger charge is 2.19. The van der Waals surface area contributed by atoms with Crippen LogP contribution in [0.15, 0.2) is 39.5 Å². The number of hydrogen-bond acceptors (Lipinski definition) is 7. The van der Waals surface area contributed by atoms with Crippen molar-refractivity contribution in [3.05, 3.63) is 52.8 Å². The van der Waals surface area contributed by atoms with Gasteiger partial charge in [-0.3, -0.25) is 0 Å². The minimum Gasteiger partial charge on any atom is -0.451 e. The van der Waals surface area contributed by atoms with Crippen LogP contribution in [0.5, 0.6) is 0 Å². The molecule has 0 radical (unpaired) electrons. The Labute approximate surface area is 155 Å². The highest BCUT2D eigenvalue weighted by molar-refractivity contribution is 7.09. The number of nitrogens with zero attached hydrogens (tertiary/aromatic N) is 4. The zero-order valence-corrected chi connectivity index (χ0v) is 15.7. The number of thiazole rings is 1. The third kappa shape index (κ3) is 4.69. The number of oxazole rings is 2. The summed E-state index contributed by atoms with van der Waals surface area (Å²) in [6.45, 7) is 7.32. The number of aromatic nitrogens is 3. The van der Waals surface area contributed by atoms with Crippen LogP contribution in [-0.2, 0) is 25.0 Å². The van der Waals surface area contributed by atoms with Crippen LogP contribution >= 0.6 is 11.3 Å². The SMILES string of the molecule is CC(C)(C)c1csc(CNC(=O)N(Cc2cocn2)Cc2cocn2)n1. The molecule has 138 valence electrons. The molecular formula is C17H21N5O3S. The molecule has 9 heteroatoms. The summed E-state index contributed by atoms with van der Waals surface area (Å²) in [7, 11) is 0. The van der Waals surface area contributed by atoms with Crippen LogP contribution in [0.1, 0.15) is 42.9 Å². The van der Waals surface area contributed by atoms with Gasteiger partial charge in [-0.25, -0.2) is 19.7 Å². The minimum absolute atomic E-state index is 0.00923. The molecule has 3 heterocycles. The van der Waals surface area contributed by atoms with Crippen molar-refractivity contribution in [2.24, 2.45) is 0 Å². The van der Waals surface area contributed by atoms with Gasteiger partial charge in [-0.05, 0) is 0 Å². The van der Waals surface area contributed by atoms with Gasteiger partial charge >= 0.3 is 6.03 Å². The molecule has 0 atom stereocenters. The summed E-state index contributed by atoms with van der Waals surface area (Å²) in [4.78, 5) is 27.0. The van der Waals surface area contributed by atoms with Gasteiger partial charge in [0.05, 0.1) is 36.7 Å². The number of nitrogens with one attached hydrogen (secondary N) is 1. The number of hydrogen-bond donors (Lipinski definition) is 1. The van der Waals surface area contributed by atoms with Crippen LogP contribution in [0.2, 0.25) is 0 Å². The van der Waals surface area contributed by atoms with E-state index in [1.807, 2.05) is 5.38 Å². The number of urea groups is 1. The van der Waals surface area contributed by atoms with Crippen LogP contribution in [-0.4, -0.2) is 25.9 Å². The third-order valence-corrected chi connectivity index (χ3v) is 4.52. The maximum Gasteiger partial charge on any atom is 0.318 e. The molecule has 0 saturated carbocycles. The first kappa shape index (κ1) is 18.1. The maximum absolute atomic E-state index is 12.6. The Balaban J connectivity index is 1.63. The molecule has 1 N–H and O–H groups in total. The van der Waals surface area contributed by atoms with Crippen LogP contribution in [0, 0.1) is 0 Å². The van der Waals surface area contributed by atoms with Crippen molar-refractivity contribution in [1.29, 1.82) is 0 Å². The largest absolute Gasteiger partial charge is 0.451 e. The van der Waals surface area contributed by atoms with Gasteiger partial charge in [0.2, 0.25) is 0 Å². The lowest BCUT2D eigenvalue weighted by molar-refractivity contribution is 0.190. The summed E-state index contributed by atoms with van der Waals surface area (Å²) in [5.74, 6) is 0. The Morgan fingerprint density at radius 3 is 2.23 bits per heavy atom. The molecule has 0 aromatic carbocycles. The van der Waals surface area contributed by atoms with E-state index in [0.29, 0.717) is 31.0 Å². The van der Waals surface area contributed by atoms with Gasteiger partial charge < -0.3 is 19.1 Å². The van der Waals surface area contributed by atoms with Gasteiger partial charge in [0.1, 0.15) is 17.5 Å². The first-order chi connectivity index (χ1) is 12.4. The lowest BCUT2D eigenvalue weighted by atomic mass is 9.93. The van der Waals surface area contributed by atoms with Gasteiger partial charge in [0.25, 0.3) is 0 Å². The van der Waals surface area contributed by atoms with E-state index in [1.54, 1.807) is 16.2 Å². The molecule has 2 amide bonds. The fraction of sp³-hybridized carbons (Fsp3) is 0.412. The molecule has 0 bridgehead atoms. The summed E-state index contributed by atoms with van der Waals surface area (Å²) in [5, 5.41) is 5.81. The highest BCUT2D eigenvalue weighted by atomic mass is 32.1. The molecule has 26 heavy (non-hydrogen) atoms. The minimum atomic E-state index is -0.233. The molecule has 8 nitrogen and oxygen atoms in total. The molecule has 0 fully saturated rings. The van der Waals surface area contributed by atoms with Gasteiger partial charge in [-0.2, -0.15) is 0 Å². The Morgan fingerprint density at radius 2 is 1.77 bits per heavy atom. The molecule has 0 aliphatic rings. The van der Waals surface area contributed by atoms with E-state index in [9.17, 15) is 4.79 Å². The Hall–Kier alpha value is -2.68. The summed E-state index contributed by atoms with van der Waals surface area (Å²) >= 11 is 1.54. The average Bonchev–Trinajstić information content (AvgIpc) is 3.33. The number of rotatable bonds is 6. The van der Waals surface area contributed by atoms with E-state index in [4.69, 9.17) is 8.83 Å². The fourth-order valence-corrected chi connectivity index (χ4v) is 3.18. The smallest absolute Gasteiger partial charge is 0.318 e. The van der Waals surface area contributed by atoms with Gasteiger partial charge in [0, 0.05) is 10.8 Å². The molecule has 3 aromatic heterocycles. The molecule has 0 spiro atoms. The standard InChI is InChI=1S/C17H21N5O3S/c1-17(2,3)14-9-26-15(21-14)4-18-16(23)22(5-12-7-24-10-19-12)6-13-8-25-11-20-13/h7-11H,4-6H2,1-3H3,(H,18,23). The van der Waals surface area contributed by atoms with Crippen LogP contribution in [0.3, 0.4) is 0 Å². The Morgan fingerprint density at radius 1 is 1.15 bits per heavy atom. The monoisotopic (exact) mass is 375 g/mol. The Kier molecular flexibility index (Phi) is 5.36. The maximum atomic E-state index is 12.6. The zero-order chi connectivity index (χ0) is 18.6. The van der Waals surface area contributed by atoms with E-state index >= 15 is 0 Å². The van der Waals surface area contributed by atoms with Gasteiger partial charge in [0.15, 0.2) is 12.8 Å². The van der Waals surface area contributed by atoms with Crippen molar-refractivity contribution in [2.45, 2.75) is 45.8 Å². The van der Waals surface area contributed by atoms with E-state index in [2.05, 4.69) is 41.0 Å². The van der Waals surface area contributed by atoms with Crippen molar-refractivity contribution >= 4 is 17.4 Å². The second-order valence-corrected chi connectivity index (χ2v) is 7.79. The summed E-state index contributed by atoms with van der Waals surface area (Å²) in [6.07, 6.45) is 5.70. The molecule has 0 aliphatic carbocycles. The van der Waals surface area contributed by atoms with Gasteiger partial charge in [-0.15, -0.1) is 11.3 Å². The van der Waals surface area contributed by atoms with E-state index in [1.165, 1.54) is 25.3 Å². The number of amides is 2. The summed E-state index contributed by atoms with van der Waals surface area (Å²) in [6, 6.07) is -0.233. The zero-order valence-electron chi connectivity index (χ0n) is 14.9. The first-order valence-corrected chi connectivity index (χ1v) is 9.01. The number of carbonyl (C=O) groups excluding carboxylic acids is 1.